The van der Waals surface area contributed by atoms with Crippen LogP contribution in [0.25, 0.3) is 0 Å². The van der Waals surface area contributed by atoms with E-state index in [0.717, 1.165) is 10.6 Å². The zero-order valence-corrected chi connectivity index (χ0v) is 13.3. The predicted octanol–water partition coefficient (Wildman–Crippen LogP) is 0.973. The minimum atomic E-state index is -3.64. The third-order valence-corrected chi connectivity index (χ3v) is 3.57. The lowest BCUT2D eigenvalue weighted by Crippen LogP contribution is -2.39. The number of anilines is 1. The van der Waals surface area contributed by atoms with Crippen LogP contribution in [0.15, 0.2) is 29.4 Å². The maximum Gasteiger partial charge on any atom is 0.260 e. The lowest BCUT2D eigenvalue weighted by Gasteiger charge is -2.23. The number of amides is 1. The fourth-order valence-corrected chi connectivity index (χ4v) is 2.42. The molecule has 0 atom stereocenters. The molecule has 0 heterocycles. The van der Waals surface area contributed by atoms with Crippen LogP contribution in [0.5, 0.6) is 5.75 Å². The van der Waals surface area contributed by atoms with Gasteiger partial charge in [0.25, 0.3) is 5.91 Å². The Morgan fingerprint density at radius 1 is 1.33 bits per heavy atom. The van der Waals surface area contributed by atoms with Gasteiger partial charge >= 0.3 is 0 Å². The summed E-state index contributed by atoms with van der Waals surface area (Å²) >= 11 is 0. The van der Waals surface area contributed by atoms with E-state index in [1.54, 1.807) is 38.1 Å². The van der Waals surface area contributed by atoms with Crippen LogP contribution in [0.4, 0.5) is 5.69 Å². The topological polar surface area (TPSA) is 88.1 Å². The number of hydrogen-bond donors (Lipinski definition) is 1. The van der Waals surface area contributed by atoms with Crippen molar-refractivity contribution < 1.29 is 17.9 Å². The van der Waals surface area contributed by atoms with Crippen LogP contribution in [0.1, 0.15) is 13.8 Å². The molecule has 0 fully saturated rings. The van der Waals surface area contributed by atoms with Gasteiger partial charge in [-0.05, 0) is 26.0 Å². The number of rotatable bonds is 6. The van der Waals surface area contributed by atoms with E-state index in [-0.39, 0.29) is 6.54 Å². The molecule has 1 aromatic carbocycles. The number of methoxy groups -OCH3 is 1. The third-order valence-electron chi connectivity index (χ3n) is 2.45. The Balaban J connectivity index is 3.08. The quantitative estimate of drug-likeness (QED) is 0.626. The molecular weight excluding hydrogens is 294 g/mol. The SMILES string of the molecule is COc1ccccc1N(CC(=O)NN=C(C)C)S(C)(=O)=O. The first kappa shape index (κ1) is 17.0. The zero-order chi connectivity index (χ0) is 16.0. The van der Waals surface area contributed by atoms with E-state index in [1.165, 1.54) is 7.11 Å². The first-order chi connectivity index (χ1) is 9.75. The molecule has 1 amide bonds. The molecule has 0 unspecified atom stereocenters. The van der Waals surface area contributed by atoms with Crippen LogP contribution in [-0.2, 0) is 14.8 Å². The highest BCUT2D eigenvalue weighted by Gasteiger charge is 2.23. The van der Waals surface area contributed by atoms with Gasteiger partial charge in [0, 0.05) is 5.71 Å². The minimum Gasteiger partial charge on any atom is -0.495 e. The van der Waals surface area contributed by atoms with Gasteiger partial charge in [-0.1, -0.05) is 12.1 Å². The van der Waals surface area contributed by atoms with E-state index in [4.69, 9.17) is 4.74 Å². The second-order valence-corrected chi connectivity index (χ2v) is 6.44. The van der Waals surface area contributed by atoms with Gasteiger partial charge in [-0.3, -0.25) is 9.10 Å². The average Bonchev–Trinajstić information content (AvgIpc) is 2.41. The second kappa shape index (κ2) is 7.07. The van der Waals surface area contributed by atoms with Crippen molar-refractivity contribution in [1.82, 2.24) is 5.43 Å². The Kier molecular flexibility index (Phi) is 5.71. The van der Waals surface area contributed by atoms with Gasteiger partial charge in [0.15, 0.2) is 0 Å². The van der Waals surface area contributed by atoms with E-state index in [2.05, 4.69) is 10.5 Å². The maximum atomic E-state index is 11.9. The van der Waals surface area contributed by atoms with Crippen molar-refractivity contribution in [1.29, 1.82) is 0 Å². The van der Waals surface area contributed by atoms with Gasteiger partial charge in [0.2, 0.25) is 10.0 Å². The summed E-state index contributed by atoms with van der Waals surface area (Å²) in [5.41, 5.74) is 3.25. The number of carbonyl (C=O) groups is 1. The molecule has 0 aliphatic heterocycles. The van der Waals surface area contributed by atoms with E-state index < -0.39 is 15.9 Å². The molecule has 0 aliphatic rings. The molecule has 0 saturated carbocycles. The number of nitrogens with zero attached hydrogens (tertiary/aromatic N) is 2. The summed E-state index contributed by atoms with van der Waals surface area (Å²) in [5.74, 6) is -0.168. The molecule has 0 spiro atoms. The Hall–Kier alpha value is -2.09. The average molecular weight is 313 g/mol. The number of carbonyl (C=O) groups excluding carboxylic acids is 1. The number of benzene rings is 1. The van der Waals surface area contributed by atoms with Crippen LogP contribution in [0.3, 0.4) is 0 Å². The lowest BCUT2D eigenvalue weighted by molar-refractivity contribution is -0.119. The summed E-state index contributed by atoms with van der Waals surface area (Å²) in [5, 5.41) is 3.76. The van der Waals surface area contributed by atoms with E-state index in [9.17, 15) is 13.2 Å². The minimum absolute atomic E-state index is 0.301. The molecule has 116 valence electrons. The fourth-order valence-electron chi connectivity index (χ4n) is 1.56. The molecule has 1 N–H and O–H groups in total. The van der Waals surface area contributed by atoms with Gasteiger partial charge in [-0.2, -0.15) is 5.10 Å². The van der Waals surface area contributed by atoms with E-state index >= 15 is 0 Å². The number of sulfonamides is 1. The largest absolute Gasteiger partial charge is 0.495 e. The van der Waals surface area contributed by atoms with Crippen molar-refractivity contribution in [3.8, 4) is 5.75 Å². The number of nitrogens with one attached hydrogen (secondary N) is 1. The standard InChI is InChI=1S/C13H19N3O4S/c1-10(2)14-15-13(17)9-16(21(4,18)19)11-7-5-6-8-12(11)20-3/h5-8H,9H2,1-4H3,(H,15,17). The first-order valence-corrected chi connectivity index (χ1v) is 8.01. The Morgan fingerprint density at radius 3 is 2.48 bits per heavy atom. The smallest absolute Gasteiger partial charge is 0.260 e. The van der Waals surface area contributed by atoms with Crippen molar-refractivity contribution in [3.05, 3.63) is 24.3 Å². The van der Waals surface area contributed by atoms with Crippen molar-refractivity contribution in [2.45, 2.75) is 13.8 Å². The molecule has 1 aromatic rings. The maximum absolute atomic E-state index is 11.9. The molecule has 21 heavy (non-hydrogen) atoms. The van der Waals surface area contributed by atoms with Crippen molar-refractivity contribution >= 4 is 27.3 Å². The number of para-hydroxylation sites is 2. The summed E-state index contributed by atoms with van der Waals surface area (Å²) in [7, 11) is -2.21. The summed E-state index contributed by atoms with van der Waals surface area (Å²) in [6.45, 7) is 3.06. The normalized spacial score (nSPS) is 10.7. The molecular formula is C13H19N3O4S. The van der Waals surface area contributed by atoms with Gasteiger partial charge in [-0.15, -0.1) is 0 Å². The molecule has 7 nitrogen and oxygen atoms in total. The molecule has 0 saturated heterocycles. The third kappa shape index (κ3) is 5.07. The Labute approximate surface area is 124 Å². The summed E-state index contributed by atoms with van der Waals surface area (Å²) in [6, 6.07) is 6.58. The van der Waals surface area contributed by atoms with E-state index in [0.29, 0.717) is 17.1 Å². The Morgan fingerprint density at radius 2 is 1.95 bits per heavy atom. The zero-order valence-electron chi connectivity index (χ0n) is 12.5. The van der Waals surface area contributed by atoms with Crippen LogP contribution in [-0.4, -0.2) is 39.9 Å². The second-order valence-electron chi connectivity index (χ2n) is 4.54. The molecule has 0 aliphatic carbocycles. The van der Waals surface area contributed by atoms with Crippen molar-refractivity contribution in [2.24, 2.45) is 5.10 Å². The van der Waals surface area contributed by atoms with E-state index in [1.807, 2.05) is 0 Å². The van der Waals surface area contributed by atoms with Crippen LogP contribution >= 0.6 is 0 Å². The first-order valence-electron chi connectivity index (χ1n) is 6.16. The highest BCUT2D eigenvalue weighted by molar-refractivity contribution is 7.92. The number of hydrogen-bond acceptors (Lipinski definition) is 5. The molecule has 1 rings (SSSR count). The monoisotopic (exact) mass is 313 g/mol. The number of hydrazone groups is 1. The highest BCUT2D eigenvalue weighted by Crippen LogP contribution is 2.29. The molecule has 0 bridgehead atoms. The molecule has 0 aromatic heterocycles. The Bertz CT molecular complexity index is 637. The highest BCUT2D eigenvalue weighted by atomic mass is 32.2. The van der Waals surface area contributed by atoms with Crippen molar-refractivity contribution in [2.75, 3.05) is 24.2 Å². The fraction of sp³-hybridized carbons (Fsp3) is 0.385. The summed E-state index contributed by atoms with van der Waals surface area (Å²) < 4.78 is 30.0. The number of ether oxygens (including phenoxy) is 1. The van der Waals surface area contributed by atoms with Crippen LogP contribution in [0, 0.1) is 0 Å². The van der Waals surface area contributed by atoms with Gasteiger partial charge in [0.1, 0.15) is 12.3 Å². The van der Waals surface area contributed by atoms with Gasteiger partial charge in [0.05, 0.1) is 19.1 Å². The van der Waals surface area contributed by atoms with Crippen LogP contribution in [0.2, 0.25) is 0 Å². The van der Waals surface area contributed by atoms with Crippen molar-refractivity contribution in [3.63, 3.8) is 0 Å². The van der Waals surface area contributed by atoms with Crippen LogP contribution < -0.4 is 14.5 Å². The molecule has 0 radical (unpaired) electrons. The molecule has 8 heteroatoms. The van der Waals surface area contributed by atoms with Gasteiger partial charge in [-0.25, -0.2) is 13.8 Å². The summed E-state index contributed by atoms with van der Waals surface area (Å²) in [6.07, 6.45) is 1.03. The van der Waals surface area contributed by atoms with Gasteiger partial charge < -0.3 is 4.74 Å². The lowest BCUT2D eigenvalue weighted by atomic mass is 10.3. The summed E-state index contributed by atoms with van der Waals surface area (Å²) in [4.78, 5) is 11.8. The predicted molar refractivity (Wildman–Crippen MR) is 82.1 cm³/mol.